The van der Waals surface area contributed by atoms with Gasteiger partial charge in [0.05, 0.1) is 0 Å². The third-order valence-electron chi connectivity index (χ3n) is 3.36. The summed E-state index contributed by atoms with van der Waals surface area (Å²) in [6.45, 7) is 2.01. The number of carbonyl (C=O) groups is 1. The van der Waals surface area contributed by atoms with E-state index in [2.05, 4.69) is 26.6 Å². The van der Waals surface area contributed by atoms with Gasteiger partial charge < -0.3 is 10.6 Å². The average molecular weight is 311 g/mol. The first-order chi connectivity index (χ1) is 8.65. The molecular weight excluding hydrogens is 292 g/mol. The summed E-state index contributed by atoms with van der Waals surface area (Å²) < 4.78 is 1.06. The third-order valence-corrected chi connectivity index (χ3v) is 4.25. The lowest BCUT2D eigenvalue weighted by Crippen LogP contribution is -2.39. The number of aryl methyl sites for hydroxylation is 1. The van der Waals surface area contributed by atoms with Gasteiger partial charge >= 0.3 is 6.03 Å². The van der Waals surface area contributed by atoms with Crippen LogP contribution in [0.1, 0.15) is 37.7 Å². The van der Waals surface area contributed by atoms with Crippen LogP contribution in [-0.2, 0) is 0 Å². The summed E-state index contributed by atoms with van der Waals surface area (Å²) in [6, 6.07) is 6.06. The number of rotatable bonds is 2. The molecule has 1 saturated carbocycles. The van der Waals surface area contributed by atoms with Crippen LogP contribution < -0.4 is 10.6 Å². The topological polar surface area (TPSA) is 41.1 Å². The Morgan fingerprint density at radius 1 is 1.28 bits per heavy atom. The summed E-state index contributed by atoms with van der Waals surface area (Å²) in [7, 11) is 0. The Labute approximate surface area is 116 Å². The van der Waals surface area contributed by atoms with Crippen LogP contribution in [0.15, 0.2) is 22.7 Å². The molecule has 0 aromatic heterocycles. The first-order valence-corrected chi connectivity index (χ1v) is 7.28. The van der Waals surface area contributed by atoms with Gasteiger partial charge in [-0.3, -0.25) is 0 Å². The van der Waals surface area contributed by atoms with E-state index in [4.69, 9.17) is 0 Å². The zero-order valence-corrected chi connectivity index (χ0v) is 12.2. The van der Waals surface area contributed by atoms with Gasteiger partial charge in [0.15, 0.2) is 0 Å². The van der Waals surface area contributed by atoms with Gasteiger partial charge in [-0.1, -0.05) is 35.2 Å². The summed E-state index contributed by atoms with van der Waals surface area (Å²) in [4.78, 5) is 11.8. The Bertz CT molecular complexity index is 428. The fourth-order valence-corrected chi connectivity index (χ4v) is 2.57. The van der Waals surface area contributed by atoms with E-state index >= 15 is 0 Å². The van der Waals surface area contributed by atoms with E-state index in [9.17, 15) is 4.79 Å². The molecule has 0 heterocycles. The lowest BCUT2D eigenvalue weighted by molar-refractivity contribution is 0.244. The zero-order chi connectivity index (χ0) is 13.0. The maximum atomic E-state index is 11.8. The summed E-state index contributed by atoms with van der Waals surface area (Å²) in [6.07, 6.45) is 5.95. The number of hydrogen-bond donors (Lipinski definition) is 2. The van der Waals surface area contributed by atoms with Crippen molar-refractivity contribution in [1.82, 2.24) is 5.32 Å². The van der Waals surface area contributed by atoms with Crippen molar-refractivity contribution in [1.29, 1.82) is 0 Å². The molecule has 18 heavy (non-hydrogen) atoms. The average Bonchev–Trinajstić information content (AvgIpc) is 2.35. The Morgan fingerprint density at radius 3 is 2.67 bits per heavy atom. The number of carbonyl (C=O) groups excluding carboxylic acids is 1. The molecule has 1 fully saturated rings. The van der Waals surface area contributed by atoms with Gasteiger partial charge in [0, 0.05) is 16.2 Å². The normalized spacial score (nSPS) is 16.3. The minimum Gasteiger partial charge on any atom is -0.335 e. The van der Waals surface area contributed by atoms with Crippen molar-refractivity contribution in [2.24, 2.45) is 0 Å². The molecule has 1 aromatic rings. The van der Waals surface area contributed by atoms with Crippen molar-refractivity contribution in [2.45, 2.75) is 45.1 Å². The van der Waals surface area contributed by atoms with Crippen molar-refractivity contribution < 1.29 is 4.79 Å². The largest absolute Gasteiger partial charge is 0.335 e. The Morgan fingerprint density at radius 2 is 2.00 bits per heavy atom. The van der Waals surface area contributed by atoms with Crippen LogP contribution in [0.4, 0.5) is 10.5 Å². The predicted molar refractivity (Wildman–Crippen MR) is 77.9 cm³/mol. The maximum Gasteiger partial charge on any atom is 0.319 e. The fourth-order valence-electron chi connectivity index (χ4n) is 2.32. The lowest BCUT2D eigenvalue weighted by atomic mass is 9.96. The number of nitrogens with one attached hydrogen (secondary N) is 2. The maximum absolute atomic E-state index is 11.8. The molecule has 2 N–H and O–H groups in total. The molecule has 3 nitrogen and oxygen atoms in total. The van der Waals surface area contributed by atoms with Crippen molar-refractivity contribution in [3.05, 3.63) is 28.2 Å². The van der Waals surface area contributed by atoms with Crippen LogP contribution in [0.3, 0.4) is 0 Å². The van der Waals surface area contributed by atoms with E-state index in [1.807, 2.05) is 25.1 Å². The molecule has 0 atom stereocenters. The Hall–Kier alpha value is -1.03. The monoisotopic (exact) mass is 310 g/mol. The van der Waals surface area contributed by atoms with E-state index in [0.29, 0.717) is 6.04 Å². The molecule has 1 aliphatic rings. The molecular formula is C14H19BrN2O. The van der Waals surface area contributed by atoms with Crippen LogP contribution in [-0.4, -0.2) is 12.1 Å². The van der Waals surface area contributed by atoms with Crippen LogP contribution in [0.2, 0.25) is 0 Å². The van der Waals surface area contributed by atoms with Crippen molar-refractivity contribution >= 4 is 27.6 Å². The molecule has 0 bridgehead atoms. The minimum atomic E-state index is -0.0939. The van der Waals surface area contributed by atoms with Crippen LogP contribution >= 0.6 is 15.9 Å². The van der Waals surface area contributed by atoms with Gasteiger partial charge in [-0.2, -0.15) is 0 Å². The predicted octanol–water partition coefficient (Wildman–Crippen LogP) is 4.21. The summed E-state index contributed by atoms with van der Waals surface area (Å²) in [5.41, 5.74) is 1.95. The smallest absolute Gasteiger partial charge is 0.319 e. The fraction of sp³-hybridized carbons (Fsp3) is 0.500. The first kappa shape index (κ1) is 13.4. The molecule has 0 radical (unpaired) electrons. The Balaban J connectivity index is 1.88. The highest BCUT2D eigenvalue weighted by molar-refractivity contribution is 9.10. The third kappa shape index (κ3) is 3.73. The molecule has 0 spiro atoms. The van der Waals surface area contributed by atoms with Gasteiger partial charge in [-0.05, 0) is 43.5 Å². The summed E-state index contributed by atoms with van der Waals surface area (Å²) in [5.74, 6) is 0. The highest BCUT2D eigenvalue weighted by atomic mass is 79.9. The van der Waals surface area contributed by atoms with E-state index in [0.717, 1.165) is 28.6 Å². The molecule has 4 heteroatoms. The number of amides is 2. The Kier molecular flexibility index (Phi) is 4.64. The second kappa shape index (κ2) is 6.23. The second-order valence-electron chi connectivity index (χ2n) is 4.90. The highest BCUT2D eigenvalue weighted by Crippen LogP contribution is 2.20. The quantitative estimate of drug-likeness (QED) is 0.844. The summed E-state index contributed by atoms with van der Waals surface area (Å²) in [5, 5.41) is 5.93. The van der Waals surface area contributed by atoms with Crippen molar-refractivity contribution in [3.8, 4) is 0 Å². The molecule has 2 rings (SSSR count). The SMILES string of the molecule is Cc1cc(NC(=O)NC2CCCCC2)ccc1Br. The van der Waals surface area contributed by atoms with Gasteiger partial charge in [0.2, 0.25) is 0 Å². The van der Waals surface area contributed by atoms with Crippen molar-refractivity contribution in [3.63, 3.8) is 0 Å². The van der Waals surface area contributed by atoms with Gasteiger partial charge in [-0.15, -0.1) is 0 Å². The molecule has 0 saturated heterocycles. The van der Waals surface area contributed by atoms with E-state index in [1.165, 1.54) is 19.3 Å². The number of hydrogen-bond acceptors (Lipinski definition) is 1. The molecule has 1 aliphatic carbocycles. The number of urea groups is 1. The zero-order valence-electron chi connectivity index (χ0n) is 10.6. The second-order valence-corrected chi connectivity index (χ2v) is 5.75. The molecule has 2 amide bonds. The van der Waals surface area contributed by atoms with Gasteiger partial charge in [0.1, 0.15) is 0 Å². The van der Waals surface area contributed by atoms with Crippen molar-refractivity contribution in [2.75, 3.05) is 5.32 Å². The van der Waals surface area contributed by atoms with Gasteiger partial charge in [0.25, 0.3) is 0 Å². The molecule has 98 valence electrons. The van der Waals surface area contributed by atoms with Gasteiger partial charge in [-0.25, -0.2) is 4.79 Å². The molecule has 0 unspecified atom stereocenters. The van der Waals surface area contributed by atoms with Crippen LogP contribution in [0.25, 0.3) is 0 Å². The standard InChI is InChI=1S/C14H19BrN2O/c1-10-9-12(7-8-13(10)15)17-14(18)16-11-5-3-2-4-6-11/h7-9,11H,2-6H2,1H3,(H2,16,17,18). The van der Waals surface area contributed by atoms with E-state index < -0.39 is 0 Å². The lowest BCUT2D eigenvalue weighted by Gasteiger charge is -2.22. The number of benzene rings is 1. The van der Waals surface area contributed by atoms with E-state index in [1.54, 1.807) is 0 Å². The number of halogens is 1. The van der Waals surface area contributed by atoms with Crippen LogP contribution in [0, 0.1) is 6.92 Å². The van der Waals surface area contributed by atoms with Crippen LogP contribution in [0.5, 0.6) is 0 Å². The summed E-state index contributed by atoms with van der Waals surface area (Å²) >= 11 is 3.45. The highest BCUT2D eigenvalue weighted by Gasteiger charge is 2.15. The minimum absolute atomic E-state index is 0.0939. The first-order valence-electron chi connectivity index (χ1n) is 6.49. The molecule has 1 aromatic carbocycles. The number of anilines is 1. The van der Waals surface area contributed by atoms with E-state index in [-0.39, 0.29) is 6.03 Å². The molecule has 0 aliphatic heterocycles.